The first kappa shape index (κ1) is 14.3. The Hall–Kier alpha value is -1.07. The number of oxazole rings is 1. The van der Waals surface area contributed by atoms with Gasteiger partial charge in [-0.15, -0.1) is 0 Å². The van der Waals surface area contributed by atoms with Crippen molar-refractivity contribution in [2.45, 2.75) is 45.2 Å². The average Bonchev–Trinajstić information content (AvgIpc) is 2.86. The van der Waals surface area contributed by atoms with Crippen molar-refractivity contribution in [2.75, 3.05) is 26.7 Å². The lowest BCUT2D eigenvalue weighted by Gasteiger charge is -2.31. The average molecular weight is 267 g/mol. The van der Waals surface area contributed by atoms with Crippen molar-refractivity contribution in [1.82, 2.24) is 15.2 Å². The van der Waals surface area contributed by atoms with Crippen LogP contribution in [0, 0.1) is 0 Å². The van der Waals surface area contributed by atoms with E-state index in [2.05, 4.69) is 29.2 Å². The molecular weight excluding hydrogens is 242 g/mol. The lowest BCUT2D eigenvalue weighted by Crippen LogP contribution is -2.40. The SMILES string of the molecule is CCCNCc1coc(OCC2CCCCN2C)n1. The van der Waals surface area contributed by atoms with E-state index >= 15 is 0 Å². The van der Waals surface area contributed by atoms with Gasteiger partial charge in [0.2, 0.25) is 0 Å². The summed E-state index contributed by atoms with van der Waals surface area (Å²) in [7, 11) is 2.16. The zero-order valence-corrected chi connectivity index (χ0v) is 12.0. The molecule has 2 heterocycles. The summed E-state index contributed by atoms with van der Waals surface area (Å²) in [6.07, 6.45) is 6.96. The number of rotatable bonds is 7. The minimum Gasteiger partial charge on any atom is -0.449 e. The maximum atomic E-state index is 5.66. The van der Waals surface area contributed by atoms with Crippen molar-refractivity contribution in [3.05, 3.63) is 12.0 Å². The Morgan fingerprint density at radius 3 is 3.21 bits per heavy atom. The Kier molecular flexibility index (Phi) is 5.66. The Labute approximate surface area is 115 Å². The van der Waals surface area contributed by atoms with Crippen LogP contribution in [0.4, 0.5) is 0 Å². The molecule has 5 nitrogen and oxygen atoms in total. The maximum absolute atomic E-state index is 5.66. The topological polar surface area (TPSA) is 50.5 Å². The normalized spacial score (nSPS) is 20.6. The largest absolute Gasteiger partial charge is 0.449 e. The monoisotopic (exact) mass is 267 g/mol. The highest BCUT2D eigenvalue weighted by Gasteiger charge is 2.20. The van der Waals surface area contributed by atoms with Crippen LogP contribution in [0.5, 0.6) is 6.08 Å². The van der Waals surface area contributed by atoms with Crippen LogP contribution in [0.25, 0.3) is 0 Å². The fraction of sp³-hybridized carbons (Fsp3) is 0.786. The van der Waals surface area contributed by atoms with Crippen molar-refractivity contribution < 1.29 is 9.15 Å². The van der Waals surface area contributed by atoms with Crippen LogP contribution in [0.15, 0.2) is 10.7 Å². The van der Waals surface area contributed by atoms with E-state index < -0.39 is 0 Å². The molecule has 5 heteroatoms. The lowest BCUT2D eigenvalue weighted by molar-refractivity contribution is 0.106. The zero-order chi connectivity index (χ0) is 13.5. The van der Waals surface area contributed by atoms with Gasteiger partial charge in [0.1, 0.15) is 12.9 Å². The van der Waals surface area contributed by atoms with Crippen molar-refractivity contribution in [3.63, 3.8) is 0 Å². The van der Waals surface area contributed by atoms with Gasteiger partial charge in [-0.05, 0) is 39.4 Å². The molecule has 1 aromatic rings. The maximum Gasteiger partial charge on any atom is 0.393 e. The standard InChI is InChI=1S/C14H25N3O2/c1-3-7-15-9-12-10-18-14(16-12)19-11-13-6-4-5-8-17(13)2/h10,13,15H,3-9,11H2,1-2H3. The molecule has 0 aromatic carbocycles. The summed E-state index contributed by atoms with van der Waals surface area (Å²) in [5.41, 5.74) is 0.903. The van der Waals surface area contributed by atoms with E-state index in [-0.39, 0.29) is 0 Å². The van der Waals surface area contributed by atoms with Crippen molar-refractivity contribution >= 4 is 0 Å². The molecular formula is C14H25N3O2. The van der Waals surface area contributed by atoms with Gasteiger partial charge in [-0.3, -0.25) is 0 Å². The lowest BCUT2D eigenvalue weighted by atomic mass is 10.0. The quantitative estimate of drug-likeness (QED) is 0.766. The highest BCUT2D eigenvalue weighted by Crippen LogP contribution is 2.17. The number of nitrogens with one attached hydrogen (secondary N) is 1. The minimum absolute atomic E-state index is 0.396. The molecule has 108 valence electrons. The molecule has 2 rings (SSSR count). The van der Waals surface area contributed by atoms with E-state index in [0.717, 1.165) is 31.7 Å². The summed E-state index contributed by atoms with van der Waals surface area (Å²) in [5.74, 6) is 0. The zero-order valence-electron chi connectivity index (χ0n) is 12.0. The number of hydrogen-bond acceptors (Lipinski definition) is 5. The molecule has 0 bridgehead atoms. The second kappa shape index (κ2) is 7.50. The van der Waals surface area contributed by atoms with Crippen molar-refractivity contribution in [2.24, 2.45) is 0 Å². The van der Waals surface area contributed by atoms with E-state index in [1.807, 2.05) is 0 Å². The third kappa shape index (κ3) is 4.51. The fourth-order valence-corrected chi connectivity index (χ4v) is 2.35. The Morgan fingerprint density at radius 2 is 2.42 bits per heavy atom. The summed E-state index contributed by atoms with van der Waals surface area (Å²) >= 11 is 0. The van der Waals surface area contributed by atoms with Crippen LogP contribution in [0.1, 0.15) is 38.3 Å². The molecule has 1 saturated heterocycles. The highest BCUT2D eigenvalue weighted by molar-refractivity contribution is 4.99. The molecule has 1 N–H and O–H groups in total. The summed E-state index contributed by atoms with van der Waals surface area (Å²) in [6, 6.07) is 0.488. The summed E-state index contributed by atoms with van der Waals surface area (Å²) in [5, 5.41) is 3.29. The first-order chi connectivity index (χ1) is 9.29. The van der Waals surface area contributed by atoms with E-state index in [1.54, 1.807) is 6.26 Å². The van der Waals surface area contributed by atoms with Gasteiger partial charge in [0, 0.05) is 12.6 Å². The molecule has 19 heavy (non-hydrogen) atoms. The summed E-state index contributed by atoms with van der Waals surface area (Å²) in [4.78, 5) is 6.68. The molecule has 1 atom stereocenters. The van der Waals surface area contributed by atoms with Crippen molar-refractivity contribution in [3.8, 4) is 6.08 Å². The van der Waals surface area contributed by atoms with E-state index in [0.29, 0.717) is 18.7 Å². The van der Waals surface area contributed by atoms with Crippen LogP contribution >= 0.6 is 0 Å². The molecule has 1 aliphatic rings. The number of hydrogen-bond donors (Lipinski definition) is 1. The predicted molar refractivity (Wildman–Crippen MR) is 74.3 cm³/mol. The molecule has 0 aliphatic carbocycles. The van der Waals surface area contributed by atoms with Gasteiger partial charge in [0.05, 0.1) is 5.69 Å². The number of aromatic nitrogens is 1. The molecule has 1 aliphatic heterocycles. The second-order valence-corrected chi connectivity index (χ2v) is 5.22. The Bertz CT molecular complexity index is 367. The van der Waals surface area contributed by atoms with Crippen molar-refractivity contribution in [1.29, 1.82) is 0 Å². The molecule has 1 fully saturated rings. The second-order valence-electron chi connectivity index (χ2n) is 5.22. The van der Waals surface area contributed by atoms with Gasteiger partial charge < -0.3 is 19.4 Å². The van der Waals surface area contributed by atoms with E-state index in [9.17, 15) is 0 Å². The van der Waals surface area contributed by atoms with Crippen LogP contribution < -0.4 is 10.1 Å². The minimum atomic E-state index is 0.396. The number of likely N-dealkylation sites (N-methyl/N-ethyl adjacent to an activating group) is 1. The molecule has 0 amide bonds. The molecule has 1 aromatic heterocycles. The summed E-state index contributed by atoms with van der Waals surface area (Å²) in [6.45, 7) is 5.70. The third-order valence-corrected chi connectivity index (χ3v) is 3.58. The summed E-state index contributed by atoms with van der Waals surface area (Å²) < 4.78 is 11.0. The van der Waals surface area contributed by atoms with Crippen LogP contribution in [0.3, 0.4) is 0 Å². The molecule has 0 saturated carbocycles. The van der Waals surface area contributed by atoms with Gasteiger partial charge >= 0.3 is 6.08 Å². The number of nitrogens with zero attached hydrogens (tertiary/aromatic N) is 2. The number of ether oxygens (including phenoxy) is 1. The van der Waals surface area contributed by atoms with Gasteiger partial charge in [-0.25, -0.2) is 0 Å². The number of likely N-dealkylation sites (tertiary alicyclic amines) is 1. The number of piperidine rings is 1. The van der Waals surface area contributed by atoms with Crippen LogP contribution in [-0.4, -0.2) is 42.7 Å². The Balaban J connectivity index is 1.73. The van der Waals surface area contributed by atoms with Gasteiger partial charge in [0.15, 0.2) is 0 Å². The highest BCUT2D eigenvalue weighted by atomic mass is 16.6. The van der Waals surface area contributed by atoms with Gasteiger partial charge in [0.25, 0.3) is 0 Å². The molecule has 1 unspecified atom stereocenters. The van der Waals surface area contributed by atoms with Gasteiger partial charge in [-0.1, -0.05) is 13.3 Å². The predicted octanol–water partition coefficient (Wildman–Crippen LogP) is 2.04. The van der Waals surface area contributed by atoms with Crippen LogP contribution in [-0.2, 0) is 6.54 Å². The third-order valence-electron chi connectivity index (χ3n) is 3.58. The molecule has 0 spiro atoms. The van der Waals surface area contributed by atoms with Gasteiger partial charge in [-0.2, -0.15) is 4.98 Å². The van der Waals surface area contributed by atoms with Crippen LogP contribution in [0.2, 0.25) is 0 Å². The first-order valence-corrected chi connectivity index (χ1v) is 7.27. The smallest absolute Gasteiger partial charge is 0.393 e. The van der Waals surface area contributed by atoms with E-state index in [1.165, 1.54) is 19.3 Å². The Morgan fingerprint density at radius 1 is 1.53 bits per heavy atom. The molecule has 0 radical (unpaired) electrons. The van der Waals surface area contributed by atoms with E-state index in [4.69, 9.17) is 9.15 Å². The first-order valence-electron chi connectivity index (χ1n) is 7.27. The fourth-order valence-electron chi connectivity index (χ4n) is 2.35.